The van der Waals surface area contributed by atoms with Gasteiger partial charge in [0.25, 0.3) is 0 Å². The molecule has 1 aromatic heterocycles. The molecule has 25 heavy (non-hydrogen) atoms. The van der Waals surface area contributed by atoms with Crippen molar-refractivity contribution in [3.05, 3.63) is 90.0 Å². The van der Waals surface area contributed by atoms with E-state index in [0.717, 1.165) is 22.2 Å². The Hall–Kier alpha value is -3.40. The van der Waals surface area contributed by atoms with E-state index >= 15 is 0 Å². The molecular formula is C21H16N2O2. The van der Waals surface area contributed by atoms with E-state index in [0.29, 0.717) is 6.54 Å². The van der Waals surface area contributed by atoms with Crippen molar-refractivity contribution in [3.8, 4) is 11.3 Å². The van der Waals surface area contributed by atoms with Gasteiger partial charge in [-0.15, -0.1) is 0 Å². The Bertz CT molecular complexity index is 1030. The minimum atomic E-state index is -0.925. The largest absolute Gasteiger partial charge is 0.478 e. The van der Waals surface area contributed by atoms with Gasteiger partial charge in [-0.1, -0.05) is 60.7 Å². The highest BCUT2D eigenvalue weighted by Crippen LogP contribution is 2.28. The molecule has 0 aliphatic heterocycles. The summed E-state index contributed by atoms with van der Waals surface area (Å²) in [7, 11) is 0. The van der Waals surface area contributed by atoms with Crippen molar-refractivity contribution in [1.82, 2.24) is 9.78 Å². The van der Waals surface area contributed by atoms with Crippen molar-refractivity contribution in [3.63, 3.8) is 0 Å². The molecule has 0 radical (unpaired) electrons. The van der Waals surface area contributed by atoms with Gasteiger partial charge in [0.15, 0.2) is 0 Å². The zero-order valence-electron chi connectivity index (χ0n) is 13.5. The maximum Gasteiger partial charge on any atom is 0.335 e. The summed E-state index contributed by atoms with van der Waals surface area (Å²) in [6.07, 6.45) is 0. The van der Waals surface area contributed by atoms with Crippen molar-refractivity contribution < 1.29 is 9.90 Å². The van der Waals surface area contributed by atoms with E-state index in [1.165, 1.54) is 5.56 Å². The van der Waals surface area contributed by atoms with E-state index in [-0.39, 0.29) is 5.56 Å². The van der Waals surface area contributed by atoms with Gasteiger partial charge in [-0.2, -0.15) is 5.10 Å². The second-order valence-corrected chi connectivity index (χ2v) is 5.89. The number of para-hydroxylation sites is 1. The number of aromatic nitrogens is 2. The molecule has 0 aliphatic rings. The summed E-state index contributed by atoms with van der Waals surface area (Å²) >= 11 is 0. The molecule has 0 unspecified atom stereocenters. The zero-order valence-corrected chi connectivity index (χ0v) is 13.5. The van der Waals surface area contributed by atoms with Crippen LogP contribution in [-0.2, 0) is 6.54 Å². The Balaban J connectivity index is 1.80. The number of rotatable bonds is 4. The average molecular weight is 328 g/mol. The summed E-state index contributed by atoms with van der Waals surface area (Å²) in [5.41, 5.74) is 4.29. The lowest BCUT2D eigenvalue weighted by atomic mass is 10.1. The first-order chi connectivity index (χ1) is 12.2. The monoisotopic (exact) mass is 328 g/mol. The minimum absolute atomic E-state index is 0.275. The van der Waals surface area contributed by atoms with Gasteiger partial charge in [0.05, 0.1) is 17.6 Å². The van der Waals surface area contributed by atoms with Crippen LogP contribution < -0.4 is 0 Å². The Labute approximate surface area is 145 Å². The van der Waals surface area contributed by atoms with Crippen LogP contribution in [-0.4, -0.2) is 20.9 Å². The maximum atomic E-state index is 11.0. The third kappa shape index (κ3) is 2.90. The van der Waals surface area contributed by atoms with E-state index in [2.05, 4.69) is 18.2 Å². The second kappa shape index (κ2) is 6.24. The molecule has 1 N–H and O–H groups in total. The van der Waals surface area contributed by atoms with Crippen LogP contribution >= 0.6 is 0 Å². The summed E-state index contributed by atoms with van der Waals surface area (Å²) in [6, 6.07) is 25.1. The van der Waals surface area contributed by atoms with Crippen molar-refractivity contribution >= 4 is 16.9 Å². The van der Waals surface area contributed by atoms with Crippen molar-refractivity contribution in [2.45, 2.75) is 6.54 Å². The van der Waals surface area contributed by atoms with E-state index in [1.54, 1.807) is 12.1 Å². The highest BCUT2D eigenvalue weighted by molar-refractivity contribution is 5.94. The first kappa shape index (κ1) is 15.1. The summed E-state index contributed by atoms with van der Waals surface area (Å²) in [6.45, 7) is 0.689. The Morgan fingerprint density at radius 3 is 2.28 bits per heavy atom. The summed E-state index contributed by atoms with van der Waals surface area (Å²) < 4.78 is 1.99. The predicted molar refractivity (Wildman–Crippen MR) is 97.7 cm³/mol. The normalized spacial score (nSPS) is 10.9. The highest BCUT2D eigenvalue weighted by Gasteiger charge is 2.13. The molecule has 0 bridgehead atoms. The van der Waals surface area contributed by atoms with Gasteiger partial charge in [-0.3, -0.25) is 4.68 Å². The number of carboxylic acid groups (broad SMARTS) is 1. The molecule has 0 aliphatic carbocycles. The van der Waals surface area contributed by atoms with Crippen molar-refractivity contribution in [1.29, 1.82) is 0 Å². The molecule has 4 aromatic rings. The number of aromatic carboxylic acids is 1. The molecule has 0 atom stereocenters. The quantitative estimate of drug-likeness (QED) is 0.602. The van der Waals surface area contributed by atoms with E-state index in [9.17, 15) is 4.79 Å². The number of hydrogen-bond acceptors (Lipinski definition) is 2. The fourth-order valence-electron chi connectivity index (χ4n) is 2.99. The summed E-state index contributed by atoms with van der Waals surface area (Å²) in [5.74, 6) is -0.925. The molecule has 1 heterocycles. The molecule has 122 valence electrons. The maximum absolute atomic E-state index is 11.0. The zero-order chi connectivity index (χ0) is 17.2. The molecule has 0 saturated carbocycles. The van der Waals surface area contributed by atoms with Crippen LogP contribution in [0.25, 0.3) is 22.2 Å². The lowest BCUT2D eigenvalue weighted by Crippen LogP contribution is -2.01. The summed E-state index contributed by atoms with van der Waals surface area (Å²) in [4.78, 5) is 11.0. The molecule has 4 heteroatoms. The third-order valence-corrected chi connectivity index (χ3v) is 4.24. The number of benzene rings is 3. The van der Waals surface area contributed by atoms with Gasteiger partial charge in [-0.25, -0.2) is 4.79 Å². The first-order valence-corrected chi connectivity index (χ1v) is 8.05. The van der Waals surface area contributed by atoms with Crippen LogP contribution in [0, 0.1) is 0 Å². The molecule has 4 nitrogen and oxygen atoms in total. The topological polar surface area (TPSA) is 55.1 Å². The molecule has 0 saturated heterocycles. The number of fused-ring (bicyclic) bond motifs is 1. The smallest absolute Gasteiger partial charge is 0.335 e. The van der Waals surface area contributed by atoms with Crippen molar-refractivity contribution in [2.24, 2.45) is 0 Å². The number of carbonyl (C=O) groups is 1. The lowest BCUT2D eigenvalue weighted by molar-refractivity contribution is 0.0697. The molecule has 3 aromatic carbocycles. The van der Waals surface area contributed by atoms with Crippen molar-refractivity contribution in [2.75, 3.05) is 0 Å². The Morgan fingerprint density at radius 2 is 1.56 bits per heavy atom. The average Bonchev–Trinajstić information content (AvgIpc) is 3.01. The van der Waals surface area contributed by atoms with E-state index in [4.69, 9.17) is 10.2 Å². The molecule has 4 rings (SSSR count). The fourth-order valence-corrected chi connectivity index (χ4v) is 2.99. The minimum Gasteiger partial charge on any atom is -0.478 e. The van der Waals surface area contributed by atoms with Gasteiger partial charge in [0.1, 0.15) is 5.69 Å². The SMILES string of the molecule is O=C(O)c1ccc(-c2nn(Cc3ccccc3)c3ccccc23)cc1. The van der Waals surface area contributed by atoms with Gasteiger partial charge in [0.2, 0.25) is 0 Å². The van der Waals surface area contributed by atoms with E-state index in [1.807, 2.05) is 53.2 Å². The fraction of sp³-hybridized carbons (Fsp3) is 0.0476. The molecule has 0 fully saturated rings. The van der Waals surface area contributed by atoms with Gasteiger partial charge < -0.3 is 5.11 Å². The Kier molecular flexibility index (Phi) is 3.78. The number of nitrogens with zero attached hydrogens (tertiary/aromatic N) is 2. The van der Waals surface area contributed by atoms with Crippen LogP contribution in [0.4, 0.5) is 0 Å². The lowest BCUT2D eigenvalue weighted by Gasteiger charge is -2.03. The molecular weight excluding hydrogens is 312 g/mol. The standard InChI is InChI=1S/C21H16N2O2/c24-21(25)17-12-10-16(11-13-17)20-18-8-4-5-9-19(18)23(22-20)14-15-6-2-1-3-7-15/h1-13H,14H2,(H,24,25). The summed E-state index contributed by atoms with van der Waals surface area (Å²) in [5, 5.41) is 14.9. The van der Waals surface area contributed by atoms with Crippen LogP contribution in [0.5, 0.6) is 0 Å². The molecule has 0 amide bonds. The van der Waals surface area contributed by atoms with Crippen LogP contribution in [0.2, 0.25) is 0 Å². The molecule has 0 spiro atoms. The number of hydrogen-bond donors (Lipinski definition) is 1. The van der Waals surface area contributed by atoms with E-state index < -0.39 is 5.97 Å². The second-order valence-electron chi connectivity index (χ2n) is 5.89. The van der Waals surface area contributed by atoms with Crippen LogP contribution in [0.15, 0.2) is 78.9 Å². The Morgan fingerprint density at radius 1 is 0.880 bits per heavy atom. The van der Waals surface area contributed by atoms with Crippen LogP contribution in [0.3, 0.4) is 0 Å². The number of carboxylic acids is 1. The van der Waals surface area contributed by atoms with Crippen LogP contribution in [0.1, 0.15) is 15.9 Å². The highest BCUT2D eigenvalue weighted by atomic mass is 16.4. The van der Waals surface area contributed by atoms with Gasteiger partial charge in [0, 0.05) is 10.9 Å². The van der Waals surface area contributed by atoms with Gasteiger partial charge >= 0.3 is 5.97 Å². The first-order valence-electron chi connectivity index (χ1n) is 8.05. The third-order valence-electron chi connectivity index (χ3n) is 4.24. The van der Waals surface area contributed by atoms with Gasteiger partial charge in [-0.05, 0) is 23.8 Å². The predicted octanol–water partition coefficient (Wildman–Crippen LogP) is 4.45.